The van der Waals surface area contributed by atoms with Gasteiger partial charge in [0.05, 0.1) is 10.6 Å². The normalized spacial score (nSPS) is 14.5. The number of anilines is 1. The number of carbonyl (C=O) groups is 1. The Morgan fingerprint density at radius 1 is 1.05 bits per heavy atom. The van der Waals surface area contributed by atoms with Crippen molar-refractivity contribution in [3.05, 3.63) is 60.2 Å². The van der Waals surface area contributed by atoms with Crippen molar-refractivity contribution in [2.75, 3.05) is 11.1 Å². The molecule has 0 bridgehead atoms. The SMILES string of the molecule is O=C(Nc1ccccc1)c1cccc(S(=O)(=O)CC2CC2)c1. The molecule has 1 aliphatic rings. The second-order valence-corrected chi connectivity index (χ2v) is 7.61. The molecule has 5 heteroatoms. The minimum Gasteiger partial charge on any atom is -0.322 e. The lowest BCUT2D eigenvalue weighted by Crippen LogP contribution is -2.14. The molecule has 0 radical (unpaired) electrons. The molecule has 1 N–H and O–H groups in total. The smallest absolute Gasteiger partial charge is 0.255 e. The maximum absolute atomic E-state index is 12.3. The van der Waals surface area contributed by atoms with Crippen LogP contribution in [0, 0.1) is 5.92 Å². The summed E-state index contributed by atoms with van der Waals surface area (Å²) in [5.41, 5.74) is 1.03. The zero-order valence-electron chi connectivity index (χ0n) is 12.0. The molecule has 0 aromatic heterocycles. The number of nitrogens with one attached hydrogen (secondary N) is 1. The molecule has 3 rings (SSSR count). The Hall–Kier alpha value is -2.14. The van der Waals surface area contributed by atoms with Gasteiger partial charge in [0, 0.05) is 11.3 Å². The van der Waals surface area contributed by atoms with E-state index in [1.165, 1.54) is 6.07 Å². The summed E-state index contributed by atoms with van der Waals surface area (Å²) < 4.78 is 24.6. The maximum Gasteiger partial charge on any atom is 0.255 e. The van der Waals surface area contributed by atoms with Crippen LogP contribution in [0.15, 0.2) is 59.5 Å². The summed E-state index contributed by atoms with van der Waals surface area (Å²) in [7, 11) is -3.31. The monoisotopic (exact) mass is 315 g/mol. The summed E-state index contributed by atoms with van der Waals surface area (Å²) in [5, 5.41) is 2.76. The lowest BCUT2D eigenvalue weighted by molar-refractivity contribution is 0.102. The molecule has 1 saturated carbocycles. The highest BCUT2D eigenvalue weighted by Gasteiger charge is 2.29. The third-order valence-corrected chi connectivity index (χ3v) is 5.52. The van der Waals surface area contributed by atoms with Crippen LogP contribution in [0.1, 0.15) is 23.2 Å². The van der Waals surface area contributed by atoms with Gasteiger partial charge in [0.15, 0.2) is 9.84 Å². The highest BCUT2D eigenvalue weighted by Crippen LogP contribution is 2.32. The molecule has 0 spiro atoms. The Kier molecular flexibility index (Phi) is 3.98. The summed E-state index contributed by atoms with van der Waals surface area (Å²) in [6, 6.07) is 15.3. The van der Waals surface area contributed by atoms with Crippen LogP contribution in [0.25, 0.3) is 0 Å². The molecule has 0 saturated heterocycles. The fraction of sp³-hybridized carbons (Fsp3) is 0.235. The van der Waals surface area contributed by atoms with E-state index in [2.05, 4.69) is 5.32 Å². The first-order chi connectivity index (χ1) is 10.5. The average molecular weight is 315 g/mol. The number of rotatable bonds is 5. The van der Waals surface area contributed by atoms with Gasteiger partial charge in [-0.2, -0.15) is 0 Å². The highest BCUT2D eigenvalue weighted by molar-refractivity contribution is 7.91. The minimum atomic E-state index is -3.31. The summed E-state index contributed by atoms with van der Waals surface area (Å²) in [6.45, 7) is 0. The molecule has 0 atom stereocenters. The van der Waals surface area contributed by atoms with Crippen molar-refractivity contribution in [3.8, 4) is 0 Å². The van der Waals surface area contributed by atoms with Crippen LogP contribution in [0.4, 0.5) is 5.69 Å². The van der Waals surface area contributed by atoms with Gasteiger partial charge in [-0.05, 0) is 49.1 Å². The average Bonchev–Trinajstić information content (AvgIpc) is 3.32. The van der Waals surface area contributed by atoms with Gasteiger partial charge in [-0.25, -0.2) is 8.42 Å². The minimum absolute atomic E-state index is 0.177. The molecule has 1 fully saturated rings. The molecule has 1 amide bonds. The molecule has 114 valence electrons. The van der Waals surface area contributed by atoms with Gasteiger partial charge in [0.25, 0.3) is 5.91 Å². The van der Waals surface area contributed by atoms with Crippen LogP contribution in [-0.2, 0) is 9.84 Å². The molecule has 4 nitrogen and oxygen atoms in total. The Bertz CT molecular complexity index is 781. The van der Waals surface area contributed by atoms with Crippen LogP contribution >= 0.6 is 0 Å². The molecule has 0 heterocycles. The number of para-hydroxylation sites is 1. The first-order valence-corrected chi connectivity index (χ1v) is 8.89. The van der Waals surface area contributed by atoms with E-state index in [4.69, 9.17) is 0 Å². The zero-order valence-corrected chi connectivity index (χ0v) is 12.8. The lowest BCUT2D eigenvalue weighted by atomic mass is 10.2. The Morgan fingerprint density at radius 3 is 2.45 bits per heavy atom. The second kappa shape index (κ2) is 5.93. The largest absolute Gasteiger partial charge is 0.322 e. The third-order valence-electron chi connectivity index (χ3n) is 3.64. The number of sulfone groups is 1. The number of carbonyl (C=O) groups excluding carboxylic acids is 1. The van der Waals surface area contributed by atoms with E-state index in [1.54, 1.807) is 30.3 Å². The molecule has 2 aromatic carbocycles. The Morgan fingerprint density at radius 2 is 1.77 bits per heavy atom. The van der Waals surface area contributed by atoms with Crippen LogP contribution in [0.2, 0.25) is 0 Å². The lowest BCUT2D eigenvalue weighted by Gasteiger charge is -2.07. The van der Waals surface area contributed by atoms with Crippen LogP contribution < -0.4 is 5.32 Å². The predicted octanol–water partition coefficient (Wildman–Crippen LogP) is 3.12. The quantitative estimate of drug-likeness (QED) is 0.922. The zero-order chi connectivity index (χ0) is 15.6. The van der Waals surface area contributed by atoms with Crippen molar-refractivity contribution >= 4 is 21.4 Å². The van der Waals surface area contributed by atoms with Gasteiger partial charge in [-0.1, -0.05) is 24.3 Å². The number of hydrogen-bond acceptors (Lipinski definition) is 3. The molecule has 2 aromatic rings. The topological polar surface area (TPSA) is 63.2 Å². The van der Waals surface area contributed by atoms with Gasteiger partial charge in [0.1, 0.15) is 0 Å². The second-order valence-electron chi connectivity index (χ2n) is 5.57. The van der Waals surface area contributed by atoms with Gasteiger partial charge in [0.2, 0.25) is 0 Å². The Labute approximate surface area is 130 Å². The maximum atomic E-state index is 12.3. The summed E-state index contributed by atoms with van der Waals surface area (Å²) >= 11 is 0. The first-order valence-electron chi connectivity index (χ1n) is 7.24. The van der Waals surface area contributed by atoms with E-state index < -0.39 is 9.84 Å². The van der Waals surface area contributed by atoms with Crippen molar-refractivity contribution in [3.63, 3.8) is 0 Å². The standard InChI is InChI=1S/C17H17NO3S/c19-17(18-15-6-2-1-3-7-15)14-5-4-8-16(11-14)22(20,21)12-13-9-10-13/h1-8,11,13H,9-10,12H2,(H,18,19). The van der Waals surface area contributed by atoms with E-state index in [1.807, 2.05) is 18.2 Å². The van der Waals surface area contributed by atoms with Crippen molar-refractivity contribution < 1.29 is 13.2 Å². The van der Waals surface area contributed by atoms with E-state index in [0.717, 1.165) is 12.8 Å². The van der Waals surface area contributed by atoms with Crippen molar-refractivity contribution in [1.82, 2.24) is 0 Å². The molecule has 1 aliphatic carbocycles. The highest BCUT2D eigenvalue weighted by atomic mass is 32.2. The van der Waals surface area contributed by atoms with Gasteiger partial charge in [-0.15, -0.1) is 0 Å². The summed E-state index contributed by atoms with van der Waals surface area (Å²) in [6.07, 6.45) is 1.96. The fourth-order valence-corrected chi connectivity index (χ4v) is 3.99. The van der Waals surface area contributed by atoms with E-state index >= 15 is 0 Å². The number of benzene rings is 2. The van der Waals surface area contributed by atoms with E-state index in [-0.39, 0.29) is 22.5 Å². The fourth-order valence-electron chi connectivity index (χ4n) is 2.25. The number of hydrogen-bond donors (Lipinski definition) is 1. The predicted molar refractivity (Wildman–Crippen MR) is 85.6 cm³/mol. The van der Waals surface area contributed by atoms with Crippen molar-refractivity contribution in [2.45, 2.75) is 17.7 Å². The molecule has 22 heavy (non-hydrogen) atoms. The number of amides is 1. The van der Waals surface area contributed by atoms with Crippen LogP contribution in [0.5, 0.6) is 0 Å². The molecular formula is C17H17NO3S. The van der Waals surface area contributed by atoms with Crippen LogP contribution in [0.3, 0.4) is 0 Å². The van der Waals surface area contributed by atoms with Crippen molar-refractivity contribution in [2.24, 2.45) is 5.92 Å². The third kappa shape index (κ3) is 3.54. The molecule has 0 aliphatic heterocycles. The van der Waals surface area contributed by atoms with Gasteiger partial charge < -0.3 is 5.32 Å². The Balaban J connectivity index is 1.80. The first kappa shape index (κ1) is 14.8. The van der Waals surface area contributed by atoms with Gasteiger partial charge in [-0.3, -0.25) is 4.79 Å². The molecular weight excluding hydrogens is 298 g/mol. The van der Waals surface area contributed by atoms with Crippen LogP contribution in [-0.4, -0.2) is 20.1 Å². The molecule has 0 unspecified atom stereocenters. The summed E-state index contributed by atoms with van der Waals surface area (Å²) in [5.74, 6) is 0.151. The van der Waals surface area contributed by atoms with Crippen molar-refractivity contribution in [1.29, 1.82) is 0 Å². The van der Waals surface area contributed by atoms with E-state index in [9.17, 15) is 13.2 Å². The summed E-state index contributed by atoms with van der Waals surface area (Å²) in [4.78, 5) is 12.4. The van der Waals surface area contributed by atoms with Gasteiger partial charge >= 0.3 is 0 Å². The van der Waals surface area contributed by atoms with E-state index in [0.29, 0.717) is 11.3 Å².